The van der Waals surface area contributed by atoms with Gasteiger partial charge >= 0.3 is 0 Å². The molecule has 0 aliphatic carbocycles. The molecule has 0 aliphatic heterocycles. The molecular weight excluding hydrogens is 260 g/mol. The standard InChI is InChI=1S/C11H17ClN2O2S/c1-14-8-9(12)7-10(14)11(16)13-3-6-17-5-2-4-15/h7-8,15H,2-6H2,1H3,(H,13,16). The Morgan fingerprint density at radius 3 is 2.94 bits per heavy atom. The summed E-state index contributed by atoms with van der Waals surface area (Å²) in [6, 6.07) is 1.65. The van der Waals surface area contributed by atoms with Crippen LogP contribution in [0, 0.1) is 0 Å². The predicted molar refractivity (Wildman–Crippen MR) is 71.8 cm³/mol. The Morgan fingerprint density at radius 1 is 1.59 bits per heavy atom. The summed E-state index contributed by atoms with van der Waals surface area (Å²) in [6.45, 7) is 0.846. The Balaban J connectivity index is 2.23. The van der Waals surface area contributed by atoms with Gasteiger partial charge in [-0.25, -0.2) is 0 Å². The zero-order valence-corrected chi connectivity index (χ0v) is 11.4. The minimum absolute atomic E-state index is 0.109. The molecule has 0 saturated heterocycles. The highest BCUT2D eigenvalue weighted by Crippen LogP contribution is 2.12. The van der Waals surface area contributed by atoms with E-state index in [1.54, 1.807) is 35.6 Å². The number of carbonyl (C=O) groups is 1. The summed E-state index contributed by atoms with van der Waals surface area (Å²) in [5.74, 6) is 1.66. The van der Waals surface area contributed by atoms with Gasteiger partial charge in [-0.05, 0) is 18.2 Å². The lowest BCUT2D eigenvalue weighted by Crippen LogP contribution is -2.27. The molecule has 0 spiro atoms. The monoisotopic (exact) mass is 276 g/mol. The van der Waals surface area contributed by atoms with Crippen LogP contribution < -0.4 is 5.32 Å². The molecule has 0 fully saturated rings. The molecule has 1 heterocycles. The fraction of sp³-hybridized carbons (Fsp3) is 0.545. The van der Waals surface area contributed by atoms with Crippen LogP contribution in [0.2, 0.25) is 5.02 Å². The fourth-order valence-electron chi connectivity index (χ4n) is 1.35. The Kier molecular flexibility index (Phi) is 6.47. The lowest BCUT2D eigenvalue weighted by atomic mass is 10.4. The average Bonchev–Trinajstić information content (AvgIpc) is 2.62. The van der Waals surface area contributed by atoms with Crippen molar-refractivity contribution in [2.45, 2.75) is 6.42 Å². The van der Waals surface area contributed by atoms with Gasteiger partial charge in [-0.15, -0.1) is 0 Å². The highest BCUT2D eigenvalue weighted by atomic mass is 35.5. The van der Waals surface area contributed by atoms with Crippen LogP contribution in [-0.4, -0.2) is 40.2 Å². The molecule has 0 radical (unpaired) electrons. The molecule has 6 heteroatoms. The molecule has 17 heavy (non-hydrogen) atoms. The summed E-state index contributed by atoms with van der Waals surface area (Å²) < 4.78 is 1.70. The number of aromatic nitrogens is 1. The smallest absolute Gasteiger partial charge is 0.267 e. The molecular formula is C11H17ClN2O2S. The van der Waals surface area contributed by atoms with Gasteiger partial charge in [-0.1, -0.05) is 11.6 Å². The highest BCUT2D eigenvalue weighted by molar-refractivity contribution is 7.99. The van der Waals surface area contributed by atoms with E-state index in [4.69, 9.17) is 16.7 Å². The molecule has 1 rings (SSSR count). The molecule has 0 aromatic carbocycles. The van der Waals surface area contributed by atoms with E-state index in [1.807, 2.05) is 0 Å². The third-order valence-corrected chi connectivity index (χ3v) is 3.46. The van der Waals surface area contributed by atoms with Crippen molar-refractivity contribution in [2.75, 3.05) is 24.7 Å². The van der Waals surface area contributed by atoms with Gasteiger partial charge in [-0.3, -0.25) is 4.79 Å². The molecule has 4 nitrogen and oxygen atoms in total. The third-order valence-electron chi connectivity index (χ3n) is 2.18. The second kappa shape index (κ2) is 7.63. The van der Waals surface area contributed by atoms with Gasteiger partial charge < -0.3 is 15.0 Å². The zero-order valence-electron chi connectivity index (χ0n) is 9.78. The quantitative estimate of drug-likeness (QED) is 0.743. The van der Waals surface area contributed by atoms with E-state index in [-0.39, 0.29) is 12.5 Å². The summed E-state index contributed by atoms with van der Waals surface area (Å²) in [5, 5.41) is 12.0. The number of hydrogen-bond donors (Lipinski definition) is 2. The molecule has 2 N–H and O–H groups in total. The lowest BCUT2D eigenvalue weighted by molar-refractivity contribution is 0.0948. The maximum absolute atomic E-state index is 11.7. The third kappa shape index (κ3) is 5.02. The number of thioether (sulfide) groups is 1. The highest BCUT2D eigenvalue weighted by Gasteiger charge is 2.09. The van der Waals surface area contributed by atoms with Gasteiger partial charge in [-0.2, -0.15) is 11.8 Å². The molecule has 0 aliphatic rings. The normalized spacial score (nSPS) is 10.5. The van der Waals surface area contributed by atoms with Crippen LogP contribution in [0.3, 0.4) is 0 Å². The largest absolute Gasteiger partial charge is 0.396 e. The first kappa shape index (κ1) is 14.4. The molecule has 1 aromatic rings. The number of amides is 1. The summed E-state index contributed by atoms with van der Waals surface area (Å²) in [6.07, 6.45) is 2.50. The fourth-order valence-corrected chi connectivity index (χ4v) is 2.38. The van der Waals surface area contributed by atoms with Crippen LogP contribution in [0.1, 0.15) is 16.9 Å². The second-order valence-corrected chi connectivity index (χ2v) is 5.26. The van der Waals surface area contributed by atoms with Crippen molar-refractivity contribution in [1.82, 2.24) is 9.88 Å². The topological polar surface area (TPSA) is 54.3 Å². The van der Waals surface area contributed by atoms with Crippen molar-refractivity contribution in [1.29, 1.82) is 0 Å². The number of aliphatic hydroxyl groups excluding tert-OH is 1. The number of aliphatic hydroxyl groups is 1. The first-order valence-electron chi connectivity index (χ1n) is 5.44. The predicted octanol–water partition coefficient (Wildman–Crippen LogP) is 1.52. The Hall–Kier alpha value is -0.650. The lowest BCUT2D eigenvalue weighted by Gasteiger charge is -2.05. The number of rotatable bonds is 7. The van der Waals surface area contributed by atoms with E-state index < -0.39 is 0 Å². The van der Waals surface area contributed by atoms with E-state index in [2.05, 4.69) is 5.32 Å². The average molecular weight is 277 g/mol. The van der Waals surface area contributed by atoms with Crippen LogP contribution >= 0.6 is 23.4 Å². The molecule has 1 aromatic heterocycles. The van der Waals surface area contributed by atoms with Crippen molar-refractivity contribution in [3.63, 3.8) is 0 Å². The van der Waals surface area contributed by atoms with Crippen molar-refractivity contribution < 1.29 is 9.90 Å². The van der Waals surface area contributed by atoms with Gasteiger partial charge in [0.1, 0.15) is 5.69 Å². The number of nitrogens with zero attached hydrogens (tertiary/aromatic N) is 1. The van der Waals surface area contributed by atoms with Crippen LogP contribution in [-0.2, 0) is 7.05 Å². The molecule has 0 atom stereocenters. The molecule has 1 amide bonds. The minimum atomic E-state index is -0.109. The van der Waals surface area contributed by atoms with Gasteiger partial charge in [0, 0.05) is 32.1 Å². The Morgan fingerprint density at radius 2 is 2.35 bits per heavy atom. The van der Waals surface area contributed by atoms with E-state index in [0.29, 0.717) is 17.3 Å². The molecule has 96 valence electrons. The van der Waals surface area contributed by atoms with Gasteiger partial charge in [0.15, 0.2) is 0 Å². The van der Waals surface area contributed by atoms with E-state index >= 15 is 0 Å². The molecule has 0 saturated carbocycles. The van der Waals surface area contributed by atoms with E-state index in [9.17, 15) is 4.79 Å². The van der Waals surface area contributed by atoms with Crippen LogP contribution in [0.15, 0.2) is 12.3 Å². The first-order chi connectivity index (χ1) is 8.15. The maximum Gasteiger partial charge on any atom is 0.267 e. The first-order valence-corrected chi connectivity index (χ1v) is 6.97. The SMILES string of the molecule is Cn1cc(Cl)cc1C(=O)NCCSCCCO. The van der Waals surface area contributed by atoms with E-state index in [0.717, 1.165) is 17.9 Å². The molecule has 0 unspecified atom stereocenters. The van der Waals surface area contributed by atoms with Crippen molar-refractivity contribution in [2.24, 2.45) is 7.05 Å². The number of nitrogens with one attached hydrogen (secondary N) is 1. The summed E-state index contributed by atoms with van der Waals surface area (Å²) >= 11 is 7.52. The number of halogens is 1. The summed E-state index contributed by atoms with van der Waals surface area (Å²) in [4.78, 5) is 11.7. The summed E-state index contributed by atoms with van der Waals surface area (Å²) in [5.41, 5.74) is 0.565. The maximum atomic E-state index is 11.7. The molecule has 0 bridgehead atoms. The number of carbonyl (C=O) groups excluding carboxylic acids is 1. The van der Waals surface area contributed by atoms with Crippen LogP contribution in [0.5, 0.6) is 0 Å². The van der Waals surface area contributed by atoms with Gasteiger partial charge in [0.05, 0.1) is 5.02 Å². The van der Waals surface area contributed by atoms with Crippen LogP contribution in [0.4, 0.5) is 0 Å². The van der Waals surface area contributed by atoms with Gasteiger partial charge in [0.2, 0.25) is 0 Å². The minimum Gasteiger partial charge on any atom is -0.396 e. The Labute approximate surface area is 110 Å². The van der Waals surface area contributed by atoms with Crippen molar-refractivity contribution in [3.05, 3.63) is 23.0 Å². The van der Waals surface area contributed by atoms with Crippen LogP contribution in [0.25, 0.3) is 0 Å². The zero-order chi connectivity index (χ0) is 12.7. The van der Waals surface area contributed by atoms with Crippen molar-refractivity contribution in [3.8, 4) is 0 Å². The van der Waals surface area contributed by atoms with Gasteiger partial charge in [0.25, 0.3) is 5.91 Å². The Bertz CT molecular complexity index is 368. The number of hydrogen-bond acceptors (Lipinski definition) is 3. The van der Waals surface area contributed by atoms with Crippen molar-refractivity contribution >= 4 is 29.3 Å². The second-order valence-electron chi connectivity index (χ2n) is 3.60. The van der Waals surface area contributed by atoms with E-state index in [1.165, 1.54) is 0 Å². The number of aryl methyl sites for hydroxylation is 1. The summed E-state index contributed by atoms with van der Waals surface area (Å²) in [7, 11) is 1.79.